The lowest BCUT2D eigenvalue weighted by Crippen LogP contribution is -2.33. The third-order valence-corrected chi connectivity index (χ3v) is 1.89. The summed E-state index contributed by atoms with van der Waals surface area (Å²) in [6.07, 6.45) is 3.84. The lowest BCUT2D eigenvalue weighted by Gasteiger charge is -2.14. The van der Waals surface area contributed by atoms with Crippen molar-refractivity contribution in [3.8, 4) is 0 Å². The van der Waals surface area contributed by atoms with Gasteiger partial charge in [0, 0.05) is 31.4 Å². The summed E-state index contributed by atoms with van der Waals surface area (Å²) < 4.78 is 0. The van der Waals surface area contributed by atoms with E-state index in [1.165, 1.54) is 0 Å². The molecule has 0 aromatic carbocycles. The molecular formula is C10H17N3. The molecule has 0 radical (unpaired) electrons. The van der Waals surface area contributed by atoms with Gasteiger partial charge < -0.3 is 0 Å². The first-order chi connectivity index (χ1) is 6.33. The Hall–Kier alpha value is -0.930. The number of pyridine rings is 1. The first-order valence-electron chi connectivity index (χ1n) is 4.72. The van der Waals surface area contributed by atoms with Gasteiger partial charge in [0.05, 0.1) is 0 Å². The minimum atomic E-state index is 0.880. The molecule has 0 saturated heterocycles. The van der Waals surface area contributed by atoms with Crippen LogP contribution < -0.4 is 5.84 Å². The summed E-state index contributed by atoms with van der Waals surface area (Å²) in [4.78, 5) is 4.23. The third kappa shape index (κ3) is 4.01. The SMILES string of the molecule is CCCN(N)CCc1ccccn1. The largest absolute Gasteiger partial charge is 0.269 e. The Morgan fingerprint density at radius 2 is 2.23 bits per heavy atom. The topological polar surface area (TPSA) is 42.1 Å². The van der Waals surface area contributed by atoms with Crippen LogP contribution >= 0.6 is 0 Å². The number of hydrogen-bond acceptors (Lipinski definition) is 3. The second kappa shape index (κ2) is 5.67. The number of hydrazine groups is 1. The zero-order chi connectivity index (χ0) is 9.52. The highest BCUT2D eigenvalue weighted by Gasteiger charge is 1.98. The van der Waals surface area contributed by atoms with Crippen LogP contribution in [-0.2, 0) is 6.42 Å². The molecule has 0 aliphatic heterocycles. The van der Waals surface area contributed by atoms with Gasteiger partial charge in [-0.25, -0.2) is 5.01 Å². The van der Waals surface area contributed by atoms with E-state index >= 15 is 0 Å². The van der Waals surface area contributed by atoms with E-state index in [1.807, 2.05) is 29.4 Å². The smallest absolute Gasteiger partial charge is 0.0416 e. The lowest BCUT2D eigenvalue weighted by atomic mass is 10.2. The van der Waals surface area contributed by atoms with Crippen molar-refractivity contribution in [2.45, 2.75) is 19.8 Å². The predicted molar refractivity (Wildman–Crippen MR) is 54.0 cm³/mol. The summed E-state index contributed by atoms with van der Waals surface area (Å²) in [6.45, 7) is 3.96. The van der Waals surface area contributed by atoms with E-state index in [9.17, 15) is 0 Å². The molecule has 2 N–H and O–H groups in total. The van der Waals surface area contributed by atoms with Gasteiger partial charge in [-0.3, -0.25) is 10.8 Å². The van der Waals surface area contributed by atoms with Crippen LogP contribution in [0.2, 0.25) is 0 Å². The molecule has 0 bridgehead atoms. The van der Waals surface area contributed by atoms with Crippen LogP contribution in [0.1, 0.15) is 19.0 Å². The average Bonchev–Trinajstić information content (AvgIpc) is 2.17. The van der Waals surface area contributed by atoms with Gasteiger partial charge in [-0.2, -0.15) is 0 Å². The van der Waals surface area contributed by atoms with Gasteiger partial charge in [-0.05, 0) is 18.6 Å². The lowest BCUT2D eigenvalue weighted by molar-refractivity contribution is 0.286. The molecule has 0 fully saturated rings. The maximum absolute atomic E-state index is 5.74. The van der Waals surface area contributed by atoms with Crippen molar-refractivity contribution in [3.63, 3.8) is 0 Å². The summed E-state index contributed by atoms with van der Waals surface area (Å²) in [6, 6.07) is 5.96. The second-order valence-corrected chi connectivity index (χ2v) is 3.11. The van der Waals surface area contributed by atoms with Crippen LogP contribution in [0.3, 0.4) is 0 Å². The fraction of sp³-hybridized carbons (Fsp3) is 0.500. The summed E-state index contributed by atoms with van der Waals surface area (Å²) in [7, 11) is 0. The van der Waals surface area contributed by atoms with Gasteiger partial charge in [-0.1, -0.05) is 13.0 Å². The molecule has 1 rings (SSSR count). The van der Waals surface area contributed by atoms with Crippen molar-refractivity contribution >= 4 is 0 Å². The fourth-order valence-electron chi connectivity index (χ4n) is 1.20. The molecule has 3 heteroatoms. The molecule has 0 saturated carbocycles. The van der Waals surface area contributed by atoms with Crippen LogP contribution in [0.5, 0.6) is 0 Å². The number of aromatic nitrogens is 1. The molecule has 0 atom stereocenters. The Balaban J connectivity index is 2.27. The molecular weight excluding hydrogens is 162 g/mol. The normalized spacial score (nSPS) is 10.7. The molecule has 1 aromatic heterocycles. The van der Waals surface area contributed by atoms with E-state index in [1.54, 1.807) is 0 Å². The van der Waals surface area contributed by atoms with E-state index in [0.29, 0.717) is 0 Å². The first-order valence-corrected chi connectivity index (χ1v) is 4.72. The molecule has 1 aromatic rings. The maximum atomic E-state index is 5.74. The van der Waals surface area contributed by atoms with Crippen molar-refractivity contribution in [1.29, 1.82) is 0 Å². The van der Waals surface area contributed by atoms with E-state index in [-0.39, 0.29) is 0 Å². The Morgan fingerprint density at radius 3 is 2.85 bits per heavy atom. The molecule has 3 nitrogen and oxygen atoms in total. The van der Waals surface area contributed by atoms with Gasteiger partial charge in [0.2, 0.25) is 0 Å². The van der Waals surface area contributed by atoms with Crippen LogP contribution in [0.4, 0.5) is 0 Å². The van der Waals surface area contributed by atoms with E-state index in [2.05, 4.69) is 11.9 Å². The molecule has 0 spiro atoms. The minimum Gasteiger partial charge on any atom is -0.269 e. The molecule has 1 heterocycles. The van der Waals surface area contributed by atoms with Crippen molar-refractivity contribution in [1.82, 2.24) is 9.99 Å². The van der Waals surface area contributed by atoms with Crippen LogP contribution in [0.15, 0.2) is 24.4 Å². The Bertz CT molecular complexity index is 223. The van der Waals surface area contributed by atoms with Crippen molar-refractivity contribution < 1.29 is 0 Å². The van der Waals surface area contributed by atoms with Crippen molar-refractivity contribution in [3.05, 3.63) is 30.1 Å². The zero-order valence-corrected chi connectivity index (χ0v) is 8.11. The van der Waals surface area contributed by atoms with Gasteiger partial charge >= 0.3 is 0 Å². The highest BCUT2D eigenvalue weighted by atomic mass is 15.4. The summed E-state index contributed by atoms with van der Waals surface area (Å²) in [5.74, 6) is 5.74. The highest BCUT2D eigenvalue weighted by Crippen LogP contribution is 1.95. The molecule has 0 aliphatic rings. The number of nitrogens with two attached hydrogens (primary N) is 1. The van der Waals surface area contributed by atoms with E-state index < -0.39 is 0 Å². The summed E-state index contributed by atoms with van der Waals surface area (Å²) in [5, 5.41) is 1.84. The van der Waals surface area contributed by atoms with Gasteiger partial charge in [0.1, 0.15) is 0 Å². The minimum absolute atomic E-state index is 0.880. The predicted octanol–water partition coefficient (Wildman–Crippen LogP) is 1.21. The highest BCUT2D eigenvalue weighted by molar-refractivity contribution is 5.03. The standard InChI is InChI=1S/C10H17N3/c1-2-8-13(11)9-6-10-5-3-4-7-12-10/h3-5,7H,2,6,8-9,11H2,1H3. The Labute approximate surface area is 79.5 Å². The molecule has 0 unspecified atom stereocenters. The summed E-state index contributed by atoms with van der Waals surface area (Å²) in [5.41, 5.74) is 1.11. The monoisotopic (exact) mass is 179 g/mol. The molecule has 0 amide bonds. The Morgan fingerprint density at radius 1 is 1.38 bits per heavy atom. The number of nitrogens with zero attached hydrogens (tertiary/aromatic N) is 2. The van der Waals surface area contributed by atoms with Crippen LogP contribution in [0.25, 0.3) is 0 Å². The molecule has 0 aliphatic carbocycles. The second-order valence-electron chi connectivity index (χ2n) is 3.11. The first kappa shape index (κ1) is 10.2. The van der Waals surface area contributed by atoms with Crippen LogP contribution in [0, 0.1) is 0 Å². The maximum Gasteiger partial charge on any atom is 0.0416 e. The number of hydrogen-bond donors (Lipinski definition) is 1. The van der Waals surface area contributed by atoms with Crippen LogP contribution in [-0.4, -0.2) is 23.1 Å². The Kier molecular flexibility index (Phi) is 4.43. The van der Waals surface area contributed by atoms with E-state index in [0.717, 1.165) is 31.6 Å². The van der Waals surface area contributed by atoms with Gasteiger partial charge in [0.25, 0.3) is 0 Å². The number of rotatable bonds is 5. The quantitative estimate of drug-likeness (QED) is 0.545. The fourth-order valence-corrected chi connectivity index (χ4v) is 1.20. The van der Waals surface area contributed by atoms with Crippen molar-refractivity contribution in [2.75, 3.05) is 13.1 Å². The zero-order valence-electron chi connectivity index (χ0n) is 8.11. The summed E-state index contributed by atoms with van der Waals surface area (Å²) >= 11 is 0. The average molecular weight is 179 g/mol. The molecule has 13 heavy (non-hydrogen) atoms. The third-order valence-electron chi connectivity index (χ3n) is 1.89. The van der Waals surface area contributed by atoms with E-state index in [4.69, 9.17) is 5.84 Å². The van der Waals surface area contributed by atoms with Crippen molar-refractivity contribution in [2.24, 2.45) is 5.84 Å². The molecule has 72 valence electrons. The van der Waals surface area contributed by atoms with Gasteiger partial charge in [0.15, 0.2) is 0 Å². The van der Waals surface area contributed by atoms with Gasteiger partial charge in [-0.15, -0.1) is 0 Å².